The number of methoxy groups -OCH3 is 2. The molecule has 3 aromatic rings. The van der Waals surface area contributed by atoms with Crippen LogP contribution in [0.4, 0.5) is 20.7 Å². The zero-order chi connectivity index (χ0) is 22.5. The number of benzene rings is 2. The second-order valence-electron chi connectivity index (χ2n) is 7.25. The van der Waals surface area contributed by atoms with Crippen LogP contribution in [-0.2, 0) is 0 Å². The van der Waals surface area contributed by atoms with Gasteiger partial charge in [0.25, 0.3) is 0 Å². The van der Waals surface area contributed by atoms with Crippen LogP contribution in [0, 0.1) is 5.82 Å². The predicted octanol–water partition coefficient (Wildman–Crippen LogP) is 3.65. The van der Waals surface area contributed by atoms with Crippen LogP contribution in [0.5, 0.6) is 11.5 Å². The van der Waals surface area contributed by atoms with Crippen molar-refractivity contribution in [2.75, 3.05) is 50.6 Å². The highest BCUT2D eigenvalue weighted by atomic mass is 19.1. The summed E-state index contributed by atoms with van der Waals surface area (Å²) in [6, 6.07) is 15.0. The smallest absolute Gasteiger partial charge is 0.322 e. The van der Waals surface area contributed by atoms with E-state index < -0.39 is 0 Å². The van der Waals surface area contributed by atoms with Crippen LogP contribution >= 0.6 is 0 Å². The fraction of sp³-hybridized carbons (Fsp3) is 0.261. The summed E-state index contributed by atoms with van der Waals surface area (Å²) in [4.78, 5) is 16.5. The van der Waals surface area contributed by atoms with Gasteiger partial charge in [-0.15, -0.1) is 10.2 Å². The van der Waals surface area contributed by atoms with Gasteiger partial charge in [0.2, 0.25) is 0 Å². The highest BCUT2D eigenvalue weighted by Crippen LogP contribution is 2.29. The van der Waals surface area contributed by atoms with E-state index in [1.54, 1.807) is 49.5 Å². The monoisotopic (exact) mass is 437 g/mol. The van der Waals surface area contributed by atoms with Crippen molar-refractivity contribution < 1.29 is 18.7 Å². The molecule has 0 radical (unpaired) electrons. The Bertz CT molecular complexity index is 1070. The minimum absolute atomic E-state index is 0.189. The maximum absolute atomic E-state index is 13.1. The van der Waals surface area contributed by atoms with Gasteiger partial charge in [-0.2, -0.15) is 0 Å². The number of nitrogens with one attached hydrogen (secondary N) is 1. The molecule has 8 nitrogen and oxygen atoms in total. The van der Waals surface area contributed by atoms with Crippen molar-refractivity contribution in [1.82, 2.24) is 15.1 Å². The number of hydrogen-bond acceptors (Lipinski definition) is 6. The van der Waals surface area contributed by atoms with E-state index in [9.17, 15) is 9.18 Å². The first kappa shape index (κ1) is 21.4. The molecule has 4 rings (SSSR count). The number of halogens is 1. The van der Waals surface area contributed by atoms with Crippen LogP contribution in [0.2, 0.25) is 0 Å². The van der Waals surface area contributed by atoms with E-state index in [1.165, 1.54) is 12.1 Å². The van der Waals surface area contributed by atoms with E-state index in [4.69, 9.17) is 9.47 Å². The maximum atomic E-state index is 13.1. The largest absolute Gasteiger partial charge is 0.497 e. The van der Waals surface area contributed by atoms with Crippen LogP contribution < -0.4 is 19.7 Å². The zero-order valence-electron chi connectivity index (χ0n) is 17.9. The predicted molar refractivity (Wildman–Crippen MR) is 120 cm³/mol. The number of amides is 2. The lowest BCUT2D eigenvalue weighted by molar-refractivity contribution is 0.208. The molecular weight excluding hydrogens is 413 g/mol. The van der Waals surface area contributed by atoms with Gasteiger partial charge in [-0.3, -0.25) is 0 Å². The van der Waals surface area contributed by atoms with Crippen LogP contribution in [0.3, 0.4) is 0 Å². The quantitative estimate of drug-likeness (QED) is 0.656. The van der Waals surface area contributed by atoms with Crippen LogP contribution in [0.25, 0.3) is 11.3 Å². The molecule has 9 heteroatoms. The summed E-state index contributed by atoms with van der Waals surface area (Å²) >= 11 is 0. The standard InChI is InChI=1S/C23H24FN5O3/c1-31-18-7-8-20(21(15-18)32-2)25-23(30)29-13-11-28(12-14-29)22-10-9-19(26-27-22)16-3-5-17(24)6-4-16/h3-10,15H,11-14H2,1-2H3,(H,25,30). The molecular formula is C23H24FN5O3. The van der Waals surface area contributed by atoms with E-state index in [2.05, 4.69) is 20.4 Å². The number of rotatable bonds is 5. The first-order valence-corrected chi connectivity index (χ1v) is 10.2. The molecule has 0 atom stereocenters. The number of hydrogen-bond donors (Lipinski definition) is 1. The number of carbonyl (C=O) groups excluding carboxylic acids is 1. The molecule has 0 bridgehead atoms. The number of ether oxygens (including phenoxy) is 2. The third-order valence-corrected chi connectivity index (χ3v) is 5.33. The second kappa shape index (κ2) is 9.51. The Morgan fingerprint density at radius 3 is 2.31 bits per heavy atom. The lowest BCUT2D eigenvalue weighted by atomic mass is 10.1. The van der Waals surface area contributed by atoms with Crippen molar-refractivity contribution in [2.45, 2.75) is 0 Å². The molecule has 0 spiro atoms. The fourth-order valence-electron chi connectivity index (χ4n) is 3.50. The molecule has 2 heterocycles. The highest BCUT2D eigenvalue weighted by Gasteiger charge is 2.23. The fourth-order valence-corrected chi connectivity index (χ4v) is 3.50. The summed E-state index contributed by atoms with van der Waals surface area (Å²) in [7, 11) is 3.12. The Hall–Kier alpha value is -3.88. The van der Waals surface area contributed by atoms with E-state index in [1.807, 2.05) is 12.1 Å². The first-order valence-electron chi connectivity index (χ1n) is 10.2. The Morgan fingerprint density at radius 1 is 0.938 bits per heavy atom. The number of aromatic nitrogens is 2. The minimum Gasteiger partial charge on any atom is -0.497 e. The third kappa shape index (κ3) is 4.72. The molecule has 2 amide bonds. The summed E-state index contributed by atoms with van der Waals surface area (Å²) in [6.45, 7) is 2.37. The number of anilines is 2. The van der Waals surface area contributed by atoms with E-state index >= 15 is 0 Å². The summed E-state index contributed by atoms with van der Waals surface area (Å²) in [5, 5.41) is 11.5. The SMILES string of the molecule is COc1ccc(NC(=O)N2CCN(c3ccc(-c4ccc(F)cc4)nn3)CC2)c(OC)c1. The molecule has 166 valence electrons. The van der Waals surface area contributed by atoms with Gasteiger partial charge in [-0.25, -0.2) is 9.18 Å². The molecule has 1 N–H and O–H groups in total. The average molecular weight is 437 g/mol. The molecule has 1 fully saturated rings. The van der Waals surface area contributed by atoms with Crippen LogP contribution in [0.15, 0.2) is 54.6 Å². The number of carbonyl (C=O) groups is 1. The Morgan fingerprint density at radius 2 is 1.69 bits per heavy atom. The van der Waals surface area contributed by atoms with Crippen LogP contribution in [-0.4, -0.2) is 61.5 Å². The summed E-state index contributed by atoms with van der Waals surface area (Å²) < 4.78 is 23.6. The molecule has 0 unspecified atom stereocenters. The topological polar surface area (TPSA) is 79.8 Å². The van der Waals surface area contributed by atoms with Gasteiger partial charge in [0.15, 0.2) is 5.82 Å². The summed E-state index contributed by atoms with van der Waals surface area (Å²) in [5.74, 6) is 1.64. The van der Waals surface area contributed by atoms with Gasteiger partial charge in [0.05, 0.1) is 25.6 Å². The van der Waals surface area contributed by atoms with Crippen molar-refractivity contribution in [3.63, 3.8) is 0 Å². The molecule has 1 aromatic heterocycles. The van der Waals surface area contributed by atoms with Gasteiger partial charge in [-0.05, 0) is 48.5 Å². The maximum Gasteiger partial charge on any atom is 0.322 e. The number of urea groups is 1. The summed E-state index contributed by atoms with van der Waals surface area (Å²) in [5.41, 5.74) is 2.07. The van der Waals surface area contributed by atoms with E-state index in [0.29, 0.717) is 49.1 Å². The first-order chi connectivity index (χ1) is 15.6. The van der Waals surface area contributed by atoms with Gasteiger partial charge in [0.1, 0.15) is 17.3 Å². The normalized spacial score (nSPS) is 13.6. The van der Waals surface area contributed by atoms with E-state index in [0.717, 1.165) is 11.4 Å². The van der Waals surface area contributed by atoms with Gasteiger partial charge < -0.3 is 24.6 Å². The Labute approximate surface area is 185 Å². The summed E-state index contributed by atoms with van der Waals surface area (Å²) in [6.07, 6.45) is 0. The second-order valence-corrected chi connectivity index (χ2v) is 7.25. The molecule has 0 saturated carbocycles. The van der Waals surface area contributed by atoms with Crippen molar-refractivity contribution in [2.24, 2.45) is 0 Å². The Balaban J connectivity index is 1.35. The zero-order valence-corrected chi connectivity index (χ0v) is 17.9. The number of nitrogens with zero attached hydrogens (tertiary/aromatic N) is 4. The van der Waals surface area contributed by atoms with Gasteiger partial charge in [-0.1, -0.05) is 0 Å². The Kier molecular flexibility index (Phi) is 6.34. The third-order valence-electron chi connectivity index (χ3n) is 5.33. The average Bonchev–Trinajstić information content (AvgIpc) is 2.85. The molecule has 1 aliphatic heterocycles. The van der Waals surface area contributed by atoms with Crippen molar-refractivity contribution in [1.29, 1.82) is 0 Å². The minimum atomic E-state index is -0.286. The van der Waals surface area contributed by atoms with Crippen molar-refractivity contribution in [3.05, 3.63) is 60.4 Å². The molecule has 1 saturated heterocycles. The molecule has 1 aliphatic rings. The van der Waals surface area contributed by atoms with Crippen LogP contribution in [0.1, 0.15) is 0 Å². The van der Waals surface area contributed by atoms with Crippen molar-refractivity contribution in [3.8, 4) is 22.8 Å². The highest BCUT2D eigenvalue weighted by molar-refractivity contribution is 5.91. The lowest BCUT2D eigenvalue weighted by Crippen LogP contribution is -2.50. The molecule has 2 aromatic carbocycles. The van der Waals surface area contributed by atoms with Crippen molar-refractivity contribution >= 4 is 17.5 Å². The number of piperazine rings is 1. The van der Waals surface area contributed by atoms with E-state index in [-0.39, 0.29) is 11.8 Å². The lowest BCUT2D eigenvalue weighted by Gasteiger charge is -2.35. The molecule has 32 heavy (non-hydrogen) atoms. The molecule has 0 aliphatic carbocycles. The van der Waals surface area contributed by atoms with Gasteiger partial charge >= 0.3 is 6.03 Å². The van der Waals surface area contributed by atoms with Gasteiger partial charge in [0, 0.05) is 37.8 Å².